The minimum atomic E-state index is -0.848. The Morgan fingerprint density at radius 2 is 2.24 bits per heavy atom. The van der Waals surface area contributed by atoms with E-state index in [2.05, 4.69) is 11.4 Å². The number of nitrogens with zero attached hydrogens (tertiary/aromatic N) is 1. The summed E-state index contributed by atoms with van der Waals surface area (Å²) in [6.45, 7) is 3.26. The predicted octanol–water partition coefficient (Wildman–Crippen LogP) is 2.19. The smallest absolute Gasteiger partial charge is 0.317 e. The molecule has 1 saturated heterocycles. The third-order valence-electron chi connectivity index (χ3n) is 3.82. The number of carboxylic acid groups (broad SMARTS) is 1. The first-order chi connectivity index (χ1) is 10.1. The Hall–Kier alpha value is -2.04. The molecule has 21 heavy (non-hydrogen) atoms. The van der Waals surface area contributed by atoms with Gasteiger partial charge in [-0.1, -0.05) is 29.8 Å². The van der Waals surface area contributed by atoms with Crippen molar-refractivity contribution in [1.82, 2.24) is 10.2 Å². The fourth-order valence-corrected chi connectivity index (χ4v) is 2.80. The topological polar surface area (TPSA) is 69.6 Å². The van der Waals surface area contributed by atoms with Gasteiger partial charge in [0.25, 0.3) is 0 Å². The van der Waals surface area contributed by atoms with Gasteiger partial charge in [0.15, 0.2) is 0 Å². The fraction of sp³-hybridized carbons (Fsp3) is 0.500. The van der Waals surface area contributed by atoms with Crippen LogP contribution in [0.1, 0.15) is 30.4 Å². The third-order valence-corrected chi connectivity index (χ3v) is 3.82. The summed E-state index contributed by atoms with van der Waals surface area (Å²) in [6.07, 6.45) is 2.47. The highest BCUT2D eigenvalue weighted by atomic mass is 16.4. The molecule has 1 fully saturated rings. The van der Waals surface area contributed by atoms with Crippen LogP contribution in [0.3, 0.4) is 0 Å². The lowest BCUT2D eigenvalue weighted by Gasteiger charge is -2.23. The Kier molecular flexibility index (Phi) is 5.20. The molecule has 1 aliphatic rings. The van der Waals surface area contributed by atoms with Crippen LogP contribution in [-0.2, 0) is 11.2 Å². The van der Waals surface area contributed by atoms with Gasteiger partial charge in [-0.15, -0.1) is 0 Å². The van der Waals surface area contributed by atoms with Gasteiger partial charge in [0.05, 0.1) is 6.42 Å². The van der Waals surface area contributed by atoms with Crippen LogP contribution in [0.2, 0.25) is 0 Å². The fourth-order valence-electron chi connectivity index (χ4n) is 2.80. The molecule has 0 saturated carbocycles. The number of urea groups is 1. The normalized spacial score (nSPS) is 17.8. The molecule has 114 valence electrons. The second kappa shape index (κ2) is 7.11. The standard InChI is InChI=1S/C16H22N2O3/c1-12-4-2-5-13(10-12)7-8-17-16(21)18-9-3-6-14(18)11-15(19)20/h2,4-5,10,14H,3,6-9,11H2,1H3,(H,17,21)(H,19,20). The average Bonchev–Trinajstić information content (AvgIpc) is 2.86. The summed E-state index contributed by atoms with van der Waals surface area (Å²) in [6, 6.07) is 7.89. The van der Waals surface area contributed by atoms with Crippen LogP contribution in [-0.4, -0.2) is 41.1 Å². The molecule has 0 aliphatic carbocycles. The van der Waals surface area contributed by atoms with Crippen molar-refractivity contribution in [3.63, 3.8) is 0 Å². The van der Waals surface area contributed by atoms with Gasteiger partial charge in [-0.3, -0.25) is 4.79 Å². The number of hydrogen-bond acceptors (Lipinski definition) is 2. The number of likely N-dealkylation sites (tertiary alicyclic amines) is 1. The zero-order valence-electron chi connectivity index (χ0n) is 12.3. The first kappa shape index (κ1) is 15.4. The number of benzene rings is 1. The van der Waals surface area contributed by atoms with E-state index in [1.54, 1.807) is 4.90 Å². The number of carbonyl (C=O) groups excluding carboxylic acids is 1. The van der Waals surface area contributed by atoms with Crippen molar-refractivity contribution in [2.24, 2.45) is 0 Å². The van der Waals surface area contributed by atoms with E-state index in [0.717, 1.165) is 19.3 Å². The summed E-state index contributed by atoms with van der Waals surface area (Å²) < 4.78 is 0. The summed E-state index contributed by atoms with van der Waals surface area (Å²) in [4.78, 5) is 24.6. The average molecular weight is 290 g/mol. The molecule has 0 bridgehead atoms. The van der Waals surface area contributed by atoms with Crippen molar-refractivity contribution < 1.29 is 14.7 Å². The molecular formula is C16H22N2O3. The van der Waals surface area contributed by atoms with Gasteiger partial charge in [0, 0.05) is 19.1 Å². The summed E-state index contributed by atoms with van der Waals surface area (Å²) in [7, 11) is 0. The largest absolute Gasteiger partial charge is 0.481 e. The summed E-state index contributed by atoms with van der Waals surface area (Å²) in [5, 5.41) is 11.8. The number of hydrogen-bond donors (Lipinski definition) is 2. The molecule has 5 heteroatoms. The minimum Gasteiger partial charge on any atom is -0.481 e. The maximum atomic E-state index is 12.1. The third kappa shape index (κ3) is 4.48. The molecule has 0 aromatic heterocycles. The summed E-state index contributed by atoms with van der Waals surface area (Å²) in [5.74, 6) is -0.848. The lowest BCUT2D eigenvalue weighted by molar-refractivity contribution is -0.137. The molecule has 1 unspecified atom stereocenters. The molecule has 2 N–H and O–H groups in total. The molecule has 1 aliphatic heterocycles. The Bertz CT molecular complexity index is 516. The molecule has 0 spiro atoms. The molecule has 1 heterocycles. The van der Waals surface area contributed by atoms with Crippen LogP contribution < -0.4 is 5.32 Å². The number of aliphatic carboxylic acids is 1. The molecule has 2 amide bonds. The first-order valence-electron chi connectivity index (χ1n) is 7.38. The van der Waals surface area contributed by atoms with Gasteiger partial charge in [-0.2, -0.15) is 0 Å². The zero-order valence-corrected chi connectivity index (χ0v) is 12.3. The van der Waals surface area contributed by atoms with Crippen molar-refractivity contribution in [3.05, 3.63) is 35.4 Å². The molecular weight excluding hydrogens is 268 g/mol. The minimum absolute atomic E-state index is 0.0330. The maximum absolute atomic E-state index is 12.1. The van der Waals surface area contributed by atoms with Gasteiger partial charge in [-0.05, 0) is 31.7 Å². The number of carboxylic acids is 1. The van der Waals surface area contributed by atoms with Crippen molar-refractivity contribution in [2.45, 2.75) is 38.6 Å². The predicted molar refractivity (Wildman–Crippen MR) is 80.3 cm³/mol. The number of aryl methyl sites for hydroxylation is 1. The quantitative estimate of drug-likeness (QED) is 0.873. The van der Waals surface area contributed by atoms with Crippen LogP contribution >= 0.6 is 0 Å². The summed E-state index contributed by atoms with van der Waals surface area (Å²) >= 11 is 0. The van der Waals surface area contributed by atoms with Crippen LogP contribution in [0.5, 0.6) is 0 Å². The molecule has 2 rings (SSSR count). The molecule has 0 radical (unpaired) electrons. The van der Waals surface area contributed by atoms with E-state index < -0.39 is 5.97 Å². The second-order valence-electron chi connectivity index (χ2n) is 5.56. The van der Waals surface area contributed by atoms with E-state index >= 15 is 0 Å². The lowest BCUT2D eigenvalue weighted by Crippen LogP contribution is -2.44. The molecule has 1 aromatic carbocycles. The van der Waals surface area contributed by atoms with Gasteiger partial charge in [-0.25, -0.2) is 4.79 Å². The molecule has 5 nitrogen and oxygen atoms in total. The second-order valence-corrected chi connectivity index (χ2v) is 5.56. The Labute approximate surface area is 125 Å². The lowest BCUT2D eigenvalue weighted by atomic mass is 10.1. The summed E-state index contributed by atoms with van der Waals surface area (Å²) in [5.41, 5.74) is 2.40. The van der Waals surface area contributed by atoms with Gasteiger partial charge < -0.3 is 15.3 Å². The number of nitrogens with one attached hydrogen (secondary N) is 1. The Morgan fingerprint density at radius 3 is 2.95 bits per heavy atom. The zero-order chi connectivity index (χ0) is 15.2. The number of carbonyl (C=O) groups is 2. The van der Waals surface area contributed by atoms with Crippen LogP contribution in [0, 0.1) is 6.92 Å². The van der Waals surface area contributed by atoms with Crippen molar-refractivity contribution in [2.75, 3.05) is 13.1 Å². The highest BCUT2D eigenvalue weighted by molar-refractivity contribution is 5.76. The highest BCUT2D eigenvalue weighted by Gasteiger charge is 2.29. The van der Waals surface area contributed by atoms with Crippen molar-refractivity contribution in [3.8, 4) is 0 Å². The van der Waals surface area contributed by atoms with E-state index in [1.807, 2.05) is 25.1 Å². The van der Waals surface area contributed by atoms with E-state index in [-0.39, 0.29) is 18.5 Å². The van der Waals surface area contributed by atoms with Crippen LogP contribution in [0.4, 0.5) is 4.79 Å². The van der Waals surface area contributed by atoms with Crippen LogP contribution in [0.25, 0.3) is 0 Å². The molecule has 1 atom stereocenters. The monoisotopic (exact) mass is 290 g/mol. The number of rotatable bonds is 5. The van der Waals surface area contributed by atoms with Gasteiger partial charge in [0.2, 0.25) is 0 Å². The van der Waals surface area contributed by atoms with Gasteiger partial charge >= 0.3 is 12.0 Å². The van der Waals surface area contributed by atoms with E-state index in [0.29, 0.717) is 13.1 Å². The maximum Gasteiger partial charge on any atom is 0.317 e. The molecule has 1 aromatic rings. The van der Waals surface area contributed by atoms with E-state index in [4.69, 9.17) is 5.11 Å². The Morgan fingerprint density at radius 1 is 1.43 bits per heavy atom. The van der Waals surface area contributed by atoms with E-state index in [9.17, 15) is 9.59 Å². The number of amides is 2. The van der Waals surface area contributed by atoms with Gasteiger partial charge in [0.1, 0.15) is 0 Å². The van der Waals surface area contributed by atoms with Crippen LogP contribution in [0.15, 0.2) is 24.3 Å². The SMILES string of the molecule is Cc1cccc(CCNC(=O)N2CCCC2CC(=O)O)c1. The first-order valence-corrected chi connectivity index (χ1v) is 7.38. The highest BCUT2D eigenvalue weighted by Crippen LogP contribution is 2.20. The Balaban J connectivity index is 1.80. The van der Waals surface area contributed by atoms with Crippen molar-refractivity contribution >= 4 is 12.0 Å². The van der Waals surface area contributed by atoms with Crippen molar-refractivity contribution in [1.29, 1.82) is 0 Å². The van der Waals surface area contributed by atoms with E-state index in [1.165, 1.54) is 11.1 Å².